The van der Waals surface area contributed by atoms with Crippen LogP contribution in [-0.4, -0.2) is 51.4 Å². The molecule has 1 aliphatic heterocycles. The molecule has 9 nitrogen and oxygen atoms in total. The van der Waals surface area contributed by atoms with Gasteiger partial charge >= 0.3 is 5.97 Å². The second kappa shape index (κ2) is 9.20. The number of piperidine rings is 1. The molecule has 198 valence electrons. The summed E-state index contributed by atoms with van der Waals surface area (Å²) < 4.78 is 11.2. The van der Waals surface area contributed by atoms with Crippen molar-refractivity contribution in [2.75, 3.05) is 25.1 Å². The Bertz CT molecular complexity index is 1640. The number of anilines is 1. The third-order valence-electron chi connectivity index (χ3n) is 7.90. The molecule has 7 rings (SSSR count). The largest absolute Gasteiger partial charge is 0.494 e. The van der Waals surface area contributed by atoms with E-state index in [2.05, 4.69) is 32.2 Å². The van der Waals surface area contributed by atoms with Crippen LogP contribution in [0.5, 0.6) is 5.75 Å². The number of nitrogens with zero attached hydrogens (tertiary/aromatic N) is 5. The zero-order chi connectivity index (χ0) is 26.8. The number of rotatable bonds is 7. The summed E-state index contributed by atoms with van der Waals surface area (Å²) in [5, 5.41) is 14.6. The van der Waals surface area contributed by atoms with Crippen molar-refractivity contribution in [3.63, 3.8) is 0 Å². The van der Waals surface area contributed by atoms with Crippen LogP contribution in [0.25, 0.3) is 28.4 Å². The molecule has 0 spiro atoms. The quantitative estimate of drug-likeness (QED) is 0.290. The Balaban J connectivity index is 1.11. The third-order valence-corrected chi connectivity index (χ3v) is 8.48. The van der Waals surface area contributed by atoms with Gasteiger partial charge in [0.05, 0.1) is 22.7 Å². The minimum Gasteiger partial charge on any atom is -0.494 e. The van der Waals surface area contributed by atoms with Crippen molar-refractivity contribution < 1.29 is 19.2 Å². The molecule has 2 saturated carbocycles. The van der Waals surface area contributed by atoms with E-state index in [1.54, 1.807) is 18.5 Å². The van der Waals surface area contributed by atoms with Gasteiger partial charge in [0, 0.05) is 48.6 Å². The first-order chi connectivity index (χ1) is 18.9. The maximum Gasteiger partial charge on any atom is 0.354 e. The highest BCUT2D eigenvalue weighted by atomic mass is 35.5. The highest BCUT2D eigenvalue weighted by Gasteiger charge is 2.54. The minimum atomic E-state index is -1.10. The maximum atomic E-state index is 11.4. The number of hydrogen-bond donors (Lipinski definition) is 1. The summed E-state index contributed by atoms with van der Waals surface area (Å²) in [7, 11) is 1.50. The van der Waals surface area contributed by atoms with E-state index in [0.717, 1.165) is 43.1 Å². The summed E-state index contributed by atoms with van der Waals surface area (Å²) in [4.78, 5) is 26.7. The van der Waals surface area contributed by atoms with Crippen molar-refractivity contribution in [2.45, 2.75) is 18.8 Å². The molecule has 2 aliphatic carbocycles. The second-order valence-corrected chi connectivity index (χ2v) is 11.1. The normalized spacial score (nSPS) is 22.0. The number of carbonyl (C=O) groups is 1. The van der Waals surface area contributed by atoms with Gasteiger partial charge in [0.15, 0.2) is 5.69 Å². The first kappa shape index (κ1) is 24.4. The van der Waals surface area contributed by atoms with Crippen molar-refractivity contribution in [1.82, 2.24) is 20.1 Å². The maximum absolute atomic E-state index is 11.4. The summed E-state index contributed by atoms with van der Waals surface area (Å²) in [6.45, 7) is 1.77. The van der Waals surface area contributed by atoms with Crippen molar-refractivity contribution >= 4 is 52.1 Å². The van der Waals surface area contributed by atoms with Crippen LogP contribution in [0.2, 0.25) is 10.0 Å². The Hall–Kier alpha value is -3.69. The molecule has 4 aromatic rings. The summed E-state index contributed by atoms with van der Waals surface area (Å²) in [6, 6.07) is 5.10. The van der Waals surface area contributed by atoms with Gasteiger partial charge in [-0.1, -0.05) is 40.5 Å². The summed E-state index contributed by atoms with van der Waals surface area (Å²) >= 11 is 12.9. The van der Waals surface area contributed by atoms with Gasteiger partial charge in [0.2, 0.25) is 0 Å². The van der Waals surface area contributed by atoms with E-state index < -0.39 is 5.97 Å². The number of ether oxygens (including phenoxy) is 1. The summed E-state index contributed by atoms with van der Waals surface area (Å²) in [5.74, 6) is 2.91. The molecule has 39 heavy (non-hydrogen) atoms. The lowest BCUT2D eigenvalue weighted by Gasteiger charge is -2.21. The molecule has 2 unspecified atom stereocenters. The number of aromatic nitrogens is 4. The number of methoxy groups -OCH3 is 1. The highest BCUT2D eigenvalue weighted by molar-refractivity contribution is 6.39. The van der Waals surface area contributed by atoms with Gasteiger partial charge in [-0.3, -0.25) is 4.98 Å². The standard InChI is InChI=1S/C28H23Cl2N5O4/c1-38-22-8-21(28(36)37)32-20-6-7-23(33-26(20)22)35-11-16-14(17(16)12-35)4-5-15-25(34-39-27(15)13-2-3-13)24-18(29)9-31-10-19(24)30/h4-10,13-14,16-17H,2-3,11-12H2,1H3,(H,36,37)/b5-4+. The van der Waals surface area contributed by atoms with Crippen LogP contribution in [0.15, 0.2) is 41.2 Å². The van der Waals surface area contributed by atoms with E-state index in [9.17, 15) is 9.90 Å². The Morgan fingerprint density at radius 1 is 1.15 bits per heavy atom. The Labute approximate surface area is 233 Å². The molecular formula is C28H23Cl2N5O4. The van der Waals surface area contributed by atoms with Crippen molar-refractivity contribution in [2.24, 2.45) is 17.8 Å². The number of carboxylic acid groups (broad SMARTS) is 1. The summed E-state index contributed by atoms with van der Waals surface area (Å²) in [6.07, 6.45) is 9.72. The van der Waals surface area contributed by atoms with Gasteiger partial charge in [-0.05, 0) is 42.7 Å². The predicted molar refractivity (Wildman–Crippen MR) is 146 cm³/mol. The molecular weight excluding hydrogens is 541 g/mol. The number of fused-ring (bicyclic) bond motifs is 2. The van der Waals surface area contributed by atoms with E-state index in [-0.39, 0.29) is 5.69 Å². The predicted octanol–water partition coefficient (Wildman–Crippen LogP) is 5.97. The fourth-order valence-electron chi connectivity index (χ4n) is 5.69. The molecule has 11 heteroatoms. The zero-order valence-corrected chi connectivity index (χ0v) is 22.4. The first-order valence-electron chi connectivity index (χ1n) is 12.7. The van der Waals surface area contributed by atoms with E-state index >= 15 is 0 Å². The SMILES string of the molecule is COc1cc(C(=O)O)nc2ccc(N3CC4C(/C=C/c5c(-c6c(Cl)cncc6Cl)noc5C5CC5)C4C3)nc12. The Morgan fingerprint density at radius 3 is 2.56 bits per heavy atom. The van der Waals surface area contributed by atoms with E-state index in [4.69, 9.17) is 37.4 Å². The fourth-order valence-corrected chi connectivity index (χ4v) is 6.23. The van der Waals surface area contributed by atoms with Crippen LogP contribution < -0.4 is 9.64 Å². The minimum absolute atomic E-state index is 0.0692. The average molecular weight is 564 g/mol. The van der Waals surface area contributed by atoms with Gasteiger partial charge < -0.3 is 19.3 Å². The van der Waals surface area contributed by atoms with Gasteiger partial charge in [-0.2, -0.15) is 0 Å². The Morgan fingerprint density at radius 2 is 1.90 bits per heavy atom. The molecule has 3 aliphatic rings. The smallest absolute Gasteiger partial charge is 0.354 e. The van der Waals surface area contributed by atoms with Crippen molar-refractivity contribution in [3.05, 3.63) is 63.7 Å². The lowest BCUT2D eigenvalue weighted by atomic mass is 10.0. The van der Waals surface area contributed by atoms with Crippen molar-refractivity contribution in [1.29, 1.82) is 0 Å². The van der Waals surface area contributed by atoms with Gasteiger partial charge in [-0.15, -0.1) is 0 Å². The average Bonchev–Trinajstić information content (AvgIpc) is 3.79. The van der Waals surface area contributed by atoms with Crippen LogP contribution in [0.1, 0.15) is 40.6 Å². The molecule has 0 aromatic carbocycles. The van der Waals surface area contributed by atoms with E-state index in [0.29, 0.717) is 61.8 Å². The lowest BCUT2D eigenvalue weighted by molar-refractivity contribution is 0.0690. The monoisotopic (exact) mass is 563 g/mol. The van der Waals surface area contributed by atoms with Crippen LogP contribution >= 0.6 is 23.2 Å². The molecule has 0 radical (unpaired) electrons. The van der Waals surface area contributed by atoms with Gasteiger partial charge in [-0.25, -0.2) is 14.8 Å². The van der Waals surface area contributed by atoms with Gasteiger partial charge in [0.1, 0.15) is 28.5 Å². The molecule has 0 bridgehead atoms. The fraction of sp³-hybridized carbons (Fsp3) is 0.321. The Kier molecular flexibility index (Phi) is 5.75. The molecule has 5 heterocycles. The number of carboxylic acids is 1. The van der Waals surface area contributed by atoms with Crippen LogP contribution in [-0.2, 0) is 0 Å². The van der Waals surface area contributed by atoms with Crippen molar-refractivity contribution in [3.8, 4) is 17.0 Å². The number of aromatic carboxylic acids is 1. The topological polar surface area (TPSA) is 114 Å². The molecule has 1 saturated heterocycles. The molecule has 1 N–H and O–H groups in total. The van der Waals surface area contributed by atoms with Crippen LogP contribution in [0.4, 0.5) is 5.82 Å². The highest BCUT2D eigenvalue weighted by Crippen LogP contribution is 2.54. The summed E-state index contributed by atoms with van der Waals surface area (Å²) in [5.41, 5.74) is 3.23. The van der Waals surface area contributed by atoms with E-state index in [1.807, 2.05) is 6.07 Å². The molecule has 3 fully saturated rings. The van der Waals surface area contributed by atoms with Crippen LogP contribution in [0, 0.1) is 17.8 Å². The van der Waals surface area contributed by atoms with E-state index in [1.165, 1.54) is 13.2 Å². The molecule has 4 aromatic heterocycles. The molecule has 0 amide bonds. The second-order valence-electron chi connectivity index (χ2n) is 10.3. The number of hydrogen-bond acceptors (Lipinski definition) is 8. The number of pyridine rings is 3. The zero-order valence-electron chi connectivity index (χ0n) is 20.8. The number of allylic oxidation sites excluding steroid dienone is 1. The molecule has 2 atom stereocenters. The van der Waals surface area contributed by atoms with Crippen LogP contribution in [0.3, 0.4) is 0 Å². The lowest BCUT2D eigenvalue weighted by Crippen LogP contribution is -2.24. The van der Waals surface area contributed by atoms with Gasteiger partial charge in [0.25, 0.3) is 0 Å². The number of halogens is 2. The third kappa shape index (κ3) is 4.20. The first-order valence-corrected chi connectivity index (χ1v) is 13.5.